The van der Waals surface area contributed by atoms with Crippen LogP contribution in [0.2, 0.25) is 0 Å². The van der Waals surface area contributed by atoms with Gasteiger partial charge in [-0.2, -0.15) is 0 Å². The Bertz CT molecular complexity index is 592. The number of hydrogen-bond donors (Lipinski definition) is 2. The Morgan fingerprint density at radius 2 is 2.20 bits per heavy atom. The minimum absolute atomic E-state index is 0.00360. The molecule has 2 aromatic rings. The highest BCUT2D eigenvalue weighted by molar-refractivity contribution is 5.78. The molecular weight excluding hydrogens is 254 g/mol. The predicted octanol–water partition coefficient (Wildman–Crippen LogP) is 2.56. The summed E-state index contributed by atoms with van der Waals surface area (Å²) in [6, 6.07) is 9.43. The fourth-order valence-electron chi connectivity index (χ4n) is 2.26. The molecule has 1 amide bonds. The van der Waals surface area contributed by atoms with Gasteiger partial charge in [0.2, 0.25) is 5.91 Å². The van der Waals surface area contributed by atoms with Gasteiger partial charge in [0.1, 0.15) is 16.9 Å². The van der Waals surface area contributed by atoms with Crippen LogP contribution in [0.4, 0.5) is 0 Å². The van der Waals surface area contributed by atoms with Crippen LogP contribution in [-0.2, 0) is 10.4 Å². The van der Waals surface area contributed by atoms with Gasteiger partial charge in [-0.3, -0.25) is 4.79 Å². The zero-order valence-corrected chi connectivity index (χ0v) is 11.6. The number of carbonyl (C=O) groups excluding carboxylic acids is 1. The number of rotatable bonds is 5. The molecule has 1 aliphatic rings. The van der Waals surface area contributed by atoms with Crippen molar-refractivity contribution >= 4 is 16.9 Å². The van der Waals surface area contributed by atoms with Gasteiger partial charge in [-0.1, -0.05) is 18.2 Å². The highest BCUT2D eigenvalue weighted by Gasteiger charge is 2.29. The van der Waals surface area contributed by atoms with E-state index in [1.165, 1.54) is 0 Å². The molecule has 4 heteroatoms. The lowest BCUT2D eigenvalue weighted by molar-refractivity contribution is -0.122. The van der Waals surface area contributed by atoms with Gasteiger partial charge < -0.3 is 14.8 Å². The van der Waals surface area contributed by atoms with Crippen molar-refractivity contribution in [1.82, 2.24) is 5.32 Å². The number of aliphatic hydroxyl groups is 1. The fourth-order valence-corrected chi connectivity index (χ4v) is 2.26. The van der Waals surface area contributed by atoms with Gasteiger partial charge in [0.05, 0.1) is 6.54 Å². The minimum Gasteiger partial charge on any atom is -0.458 e. The standard InChI is InChI=1S/C16H19NO3/c1-16(19,10-17-15(18)8-11-6-7-11)14-9-12-4-2-3-5-13(12)20-14/h2-5,9,11,19H,6-8,10H2,1H3,(H,17,18)/t16-/m0/s1. The van der Waals surface area contributed by atoms with E-state index < -0.39 is 5.60 Å². The van der Waals surface area contributed by atoms with E-state index >= 15 is 0 Å². The number of carbonyl (C=O) groups is 1. The maximum absolute atomic E-state index is 11.7. The average Bonchev–Trinajstić information content (AvgIpc) is 3.11. The molecule has 1 saturated carbocycles. The maximum atomic E-state index is 11.7. The van der Waals surface area contributed by atoms with Gasteiger partial charge >= 0.3 is 0 Å². The smallest absolute Gasteiger partial charge is 0.220 e. The van der Waals surface area contributed by atoms with Crippen molar-refractivity contribution in [2.24, 2.45) is 5.92 Å². The van der Waals surface area contributed by atoms with E-state index in [1.54, 1.807) is 6.92 Å². The zero-order valence-electron chi connectivity index (χ0n) is 11.6. The van der Waals surface area contributed by atoms with E-state index in [9.17, 15) is 9.90 Å². The highest BCUT2D eigenvalue weighted by atomic mass is 16.4. The summed E-state index contributed by atoms with van der Waals surface area (Å²) >= 11 is 0. The molecule has 0 aliphatic heterocycles. The predicted molar refractivity (Wildman–Crippen MR) is 76.1 cm³/mol. The summed E-state index contributed by atoms with van der Waals surface area (Å²) in [5.41, 5.74) is -0.454. The van der Waals surface area contributed by atoms with Crippen LogP contribution in [0.25, 0.3) is 11.0 Å². The fraction of sp³-hybridized carbons (Fsp3) is 0.438. The molecule has 2 N–H and O–H groups in total. The van der Waals surface area contributed by atoms with Gasteiger partial charge in [0.25, 0.3) is 0 Å². The third kappa shape index (κ3) is 2.85. The minimum atomic E-state index is -1.20. The number of furan rings is 1. The van der Waals surface area contributed by atoms with Crippen LogP contribution in [0.15, 0.2) is 34.7 Å². The molecule has 3 rings (SSSR count). The summed E-state index contributed by atoms with van der Waals surface area (Å²) in [7, 11) is 0. The van der Waals surface area contributed by atoms with Crippen molar-refractivity contribution in [2.45, 2.75) is 31.8 Å². The Kier molecular flexibility index (Phi) is 3.26. The van der Waals surface area contributed by atoms with Crippen molar-refractivity contribution in [1.29, 1.82) is 0 Å². The molecule has 1 aromatic heterocycles. The summed E-state index contributed by atoms with van der Waals surface area (Å²) in [6.45, 7) is 1.82. The molecule has 1 heterocycles. The largest absolute Gasteiger partial charge is 0.458 e. The second-order valence-corrected chi connectivity index (χ2v) is 5.85. The van der Waals surface area contributed by atoms with Gasteiger partial charge in [-0.05, 0) is 37.8 Å². The Balaban J connectivity index is 1.68. The maximum Gasteiger partial charge on any atom is 0.220 e. The number of para-hydroxylation sites is 1. The van der Waals surface area contributed by atoms with Crippen LogP contribution >= 0.6 is 0 Å². The van der Waals surface area contributed by atoms with E-state index in [-0.39, 0.29) is 12.5 Å². The number of hydrogen-bond acceptors (Lipinski definition) is 3. The summed E-state index contributed by atoms with van der Waals surface area (Å²) in [4.78, 5) is 11.7. The van der Waals surface area contributed by atoms with Gasteiger partial charge in [-0.25, -0.2) is 0 Å². The quantitative estimate of drug-likeness (QED) is 0.880. The molecule has 20 heavy (non-hydrogen) atoms. The highest BCUT2D eigenvalue weighted by Crippen LogP contribution is 2.32. The zero-order chi connectivity index (χ0) is 14.2. The topological polar surface area (TPSA) is 62.5 Å². The van der Waals surface area contributed by atoms with Crippen molar-refractivity contribution in [3.8, 4) is 0 Å². The number of benzene rings is 1. The van der Waals surface area contributed by atoms with Crippen molar-refractivity contribution in [3.63, 3.8) is 0 Å². The summed E-state index contributed by atoms with van der Waals surface area (Å²) in [5, 5.41) is 14.2. The molecule has 4 nitrogen and oxygen atoms in total. The molecule has 0 unspecified atom stereocenters. The first-order valence-electron chi connectivity index (χ1n) is 7.03. The molecule has 1 aromatic carbocycles. The molecule has 0 spiro atoms. The van der Waals surface area contributed by atoms with Crippen molar-refractivity contribution < 1.29 is 14.3 Å². The first-order chi connectivity index (χ1) is 9.54. The second kappa shape index (κ2) is 4.94. The summed E-state index contributed by atoms with van der Waals surface area (Å²) in [6.07, 6.45) is 2.86. The number of fused-ring (bicyclic) bond motifs is 1. The molecule has 1 aliphatic carbocycles. The average molecular weight is 273 g/mol. The van der Waals surface area contributed by atoms with Crippen LogP contribution in [-0.4, -0.2) is 17.6 Å². The van der Waals surface area contributed by atoms with Crippen molar-refractivity contribution in [2.75, 3.05) is 6.54 Å². The molecular formula is C16H19NO3. The number of amides is 1. The molecule has 106 valence electrons. The number of nitrogens with one attached hydrogen (secondary N) is 1. The van der Waals surface area contributed by atoms with Crippen LogP contribution in [0, 0.1) is 5.92 Å². The molecule has 0 saturated heterocycles. The van der Waals surface area contributed by atoms with E-state index in [2.05, 4.69) is 5.32 Å². The van der Waals surface area contributed by atoms with E-state index in [1.807, 2.05) is 30.3 Å². The monoisotopic (exact) mass is 273 g/mol. The van der Waals surface area contributed by atoms with Crippen LogP contribution in [0.1, 0.15) is 31.9 Å². The molecule has 1 atom stereocenters. The lowest BCUT2D eigenvalue weighted by atomic mass is 10.0. The third-order valence-electron chi connectivity index (χ3n) is 3.76. The van der Waals surface area contributed by atoms with E-state index in [4.69, 9.17) is 4.42 Å². The first-order valence-corrected chi connectivity index (χ1v) is 7.03. The van der Waals surface area contributed by atoms with Crippen LogP contribution in [0.5, 0.6) is 0 Å². The lowest BCUT2D eigenvalue weighted by Gasteiger charge is -2.21. The Hall–Kier alpha value is -1.81. The molecule has 0 bridgehead atoms. The lowest BCUT2D eigenvalue weighted by Crippen LogP contribution is -2.38. The van der Waals surface area contributed by atoms with E-state index in [0.29, 0.717) is 18.1 Å². The summed E-state index contributed by atoms with van der Waals surface area (Å²) < 4.78 is 5.66. The first kappa shape index (κ1) is 13.2. The second-order valence-electron chi connectivity index (χ2n) is 5.85. The van der Waals surface area contributed by atoms with Gasteiger partial charge in [0, 0.05) is 11.8 Å². The molecule has 1 fully saturated rings. The molecule has 0 radical (unpaired) electrons. The van der Waals surface area contributed by atoms with E-state index in [0.717, 1.165) is 23.8 Å². The normalized spacial score (nSPS) is 17.9. The Morgan fingerprint density at radius 3 is 2.90 bits per heavy atom. The third-order valence-corrected chi connectivity index (χ3v) is 3.76. The Morgan fingerprint density at radius 1 is 1.45 bits per heavy atom. The van der Waals surface area contributed by atoms with Gasteiger partial charge in [0.15, 0.2) is 0 Å². The SMILES string of the molecule is C[C@](O)(CNC(=O)CC1CC1)c1cc2ccccc2o1. The van der Waals surface area contributed by atoms with Crippen molar-refractivity contribution in [3.05, 3.63) is 36.1 Å². The van der Waals surface area contributed by atoms with Crippen LogP contribution in [0.3, 0.4) is 0 Å². The summed E-state index contributed by atoms with van der Waals surface area (Å²) in [5.74, 6) is 1.03. The van der Waals surface area contributed by atoms with Gasteiger partial charge in [-0.15, -0.1) is 0 Å². The van der Waals surface area contributed by atoms with Crippen LogP contribution < -0.4 is 5.32 Å². The Labute approximate surface area is 117 Å².